The Morgan fingerprint density at radius 3 is 2.54 bits per heavy atom. The molecule has 0 amide bonds. The SMILES string of the molecule is [S]CCc1cccc2ccccc12. The molecule has 0 nitrogen and oxygen atoms in total. The van der Waals surface area contributed by atoms with Crippen molar-refractivity contribution in [2.24, 2.45) is 0 Å². The van der Waals surface area contributed by atoms with E-state index in [0.29, 0.717) is 0 Å². The van der Waals surface area contributed by atoms with Crippen LogP contribution in [0.2, 0.25) is 0 Å². The fourth-order valence-electron chi connectivity index (χ4n) is 1.62. The van der Waals surface area contributed by atoms with Gasteiger partial charge in [-0.25, -0.2) is 0 Å². The topological polar surface area (TPSA) is 0 Å². The highest BCUT2D eigenvalue weighted by Crippen LogP contribution is 2.18. The van der Waals surface area contributed by atoms with Crippen molar-refractivity contribution < 1.29 is 0 Å². The van der Waals surface area contributed by atoms with Gasteiger partial charge < -0.3 is 0 Å². The number of fused-ring (bicyclic) bond motifs is 1. The predicted octanol–water partition coefficient (Wildman–Crippen LogP) is 3.58. The number of hydrogen-bond acceptors (Lipinski definition) is 0. The van der Waals surface area contributed by atoms with Gasteiger partial charge in [-0.1, -0.05) is 55.1 Å². The van der Waals surface area contributed by atoms with Crippen LogP contribution in [0.4, 0.5) is 0 Å². The summed E-state index contributed by atoms with van der Waals surface area (Å²) >= 11 is 5.00. The van der Waals surface area contributed by atoms with Crippen LogP contribution in [-0.2, 0) is 6.42 Å². The van der Waals surface area contributed by atoms with Crippen molar-refractivity contribution in [2.45, 2.75) is 6.42 Å². The molecule has 0 atom stereocenters. The quantitative estimate of drug-likeness (QED) is 0.674. The van der Waals surface area contributed by atoms with E-state index in [4.69, 9.17) is 12.6 Å². The maximum Gasteiger partial charge on any atom is 0.00776 e. The average molecular weight is 187 g/mol. The molecule has 0 saturated heterocycles. The van der Waals surface area contributed by atoms with E-state index in [-0.39, 0.29) is 0 Å². The standard InChI is InChI=1S/C12H11S/c13-9-8-11-6-3-5-10-4-1-2-7-12(10)11/h1-7H,8-9H2. The summed E-state index contributed by atoms with van der Waals surface area (Å²) in [6, 6.07) is 14.9. The van der Waals surface area contributed by atoms with Crippen LogP contribution in [0.15, 0.2) is 42.5 Å². The summed E-state index contributed by atoms with van der Waals surface area (Å²) in [5.41, 5.74) is 1.37. The van der Waals surface area contributed by atoms with Crippen LogP contribution in [-0.4, -0.2) is 5.75 Å². The lowest BCUT2D eigenvalue weighted by atomic mass is 10.0. The van der Waals surface area contributed by atoms with Gasteiger partial charge in [0.2, 0.25) is 0 Å². The van der Waals surface area contributed by atoms with Gasteiger partial charge in [-0.15, -0.1) is 0 Å². The van der Waals surface area contributed by atoms with Crippen molar-refractivity contribution in [1.82, 2.24) is 0 Å². The van der Waals surface area contributed by atoms with Gasteiger partial charge >= 0.3 is 0 Å². The first kappa shape index (κ1) is 8.64. The maximum absolute atomic E-state index is 5.00. The fraction of sp³-hybridized carbons (Fsp3) is 0.167. The monoisotopic (exact) mass is 187 g/mol. The minimum Gasteiger partial charge on any atom is -0.0938 e. The zero-order chi connectivity index (χ0) is 9.10. The van der Waals surface area contributed by atoms with Gasteiger partial charge in [-0.05, 0) is 22.8 Å². The molecule has 0 heterocycles. The van der Waals surface area contributed by atoms with Crippen molar-refractivity contribution in [2.75, 3.05) is 5.75 Å². The summed E-state index contributed by atoms with van der Waals surface area (Å²) in [5.74, 6) is 0.800. The lowest BCUT2D eigenvalue weighted by Crippen LogP contribution is -1.87. The van der Waals surface area contributed by atoms with E-state index in [1.807, 2.05) is 0 Å². The maximum atomic E-state index is 5.00. The van der Waals surface area contributed by atoms with Crippen LogP contribution in [0.5, 0.6) is 0 Å². The van der Waals surface area contributed by atoms with Gasteiger partial charge in [0, 0.05) is 5.75 Å². The Kier molecular flexibility index (Phi) is 2.55. The fourth-order valence-corrected chi connectivity index (χ4v) is 1.84. The van der Waals surface area contributed by atoms with Crippen molar-refractivity contribution >= 4 is 23.4 Å². The molecule has 0 unspecified atom stereocenters. The van der Waals surface area contributed by atoms with E-state index < -0.39 is 0 Å². The van der Waals surface area contributed by atoms with E-state index in [1.54, 1.807) is 0 Å². The normalized spacial score (nSPS) is 10.5. The number of aryl methyl sites for hydroxylation is 1. The highest BCUT2D eigenvalue weighted by atomic mass is 32.1. The third-order valence-corrected chi connectivity index (χ3v) is 2.46. The first-order chi connectivity index (χ1) is 6.42. The Morgan fingerprint density at radius 2 is 1.69 bits per heavy atom. The molecule has 1 radical (unpaired) electrons. The highest BCUT2D eigenvalue weighted by Gasteiger charge is 1.97. The van der Waals surface area contributed by atoms with Crippen LogP contribution in [0, 0.1) is 0 Å². The van der Waals surface area contributed by atoms with Gasteiger partial charge in [0.25, 0.3) is 0 Å². The zero-order valence-corrected chi connectivity index (χ0v) is 8.18. The molecule has 0 aromatic heterocycles. The molecule has 0 aliphatic heterocycles. The highest BCUT2D eigenvalue weighted by molar-refractivity contribution is 7.80. The van der Waals surface area contributed by atoms with Crippen LogP contribution >= 0.6 is 12.6 Å². The summed E-state index contributed by atoms with van der Waals surface area (Å²) in [6.45, 7) is 0. The molecule has 0 saturated carbocycles. The van der Waals surface area contributed by atoms with E-state index in [9.17, 15) is 0 Å². The van der Waals surface area contributed by atoms with Crippen molar-refractivity contribution in [3.05, 3.63) is 48.0 Å². The molecule has 0 aliphatic rings. The van der Waals surface area contributed by atoms with Crippen LogP contribution in [0.1, 0.15) is 5.56 Å². The van der Waals surface area contributed by atoms with E-state index in [0.717, 1.165) is 12.2 Å². The molecule has 0 aliphatic carbocycles. The number of rotatable bonds is 2. The molecule has 2 aromatic rings. The summed E-state index contributed by atoms with van der Waals surface area (Å²) in [7, 11) is 0. The summed E-state index contributed by atoms with van der Waals surface area (Å²) in [4.78, 5) is 0. The summed E-state index contributed by atoms with van der Waals surface area (Å²) < 4.78 is 0. The third-order valence-electron chi connectivity index (χ3n) is 2.25. The van der Waals surface area contributed by atoms with Crippen LogP contribution < -0.4 is 0 Å². The van der Waals surface area contributed by atoms with Crippen LogP contribution in [0.3, 0.4) is 0 Å². The minimum atomic E-state index is 0.800. The third kappa shape index (κ3) is 1.70. The lowest BCUT2D eigenvalue weighted by Gasteiger charge is -2.03. The van der Waals surface area contributed by atoms with Gasteiger partial charge in [0.05, 0.1) is 0 Å². The Balaban J connectivity index is 2.61. The van der Waals surface area contributed by atoms with Crippen molar-refractivity contribution in [3.8, 4) is 0 Å². The molecule has 1 heteroatoms. The largest absolute Gasteiger partial charge is 0.0938 e. The Labute approximate surface area is 84.0 Å². The van der Waals surface area contributed by atoms with Gasteiger partial charge in [-0.2, -0.15) is 0 Å². The second kappa shape index (κ2) is 3.84. The van der Waals surface area contributed by atoms with E-state index >= 15 is 0 Å². The lowest BCUT2D eigenvalue weighted by molar-refractivity contribution is 1.18. The van der Waals surface area contributed by atoms with Crippen LogP contribution in [0.25, 0.3) is 10.8 Å². The van der Waals surface area contributed by atoms with E-state index in [1.165, 1.54) is 16.3 Å². The molecule has 2 rings (SSSR count). The molecular weight excluding hydrogens is 176 g/mol. The zero-order valence-electron chi connectivity index (χ0n) is 7.36. The first-order valence-electron chi connectivity index (χ1n) is 4.46. The predicted molar refractivity (Wildman–Crippen MR) is 60.1 cm³/mol. The average Bonchev–Trinajstić information content (AvgIpc) is 2.19. The second-order valence-electron chi connectivity index (χ2n) is 3.09. The van der Waals surface area contributed by atoms with Gasteiger partial charge in [-0.3, -0.25) is 0 Å². The van der Waals surface area contributed by atoms with Crippen molar-refractivity contribution in [3.63, 3.8) is 0 Å². The molecule has 0 spiro atoms. The first-order valence-corrected chi connectivity index (χ1v) is 5.04. The Hall–Kier alpha value is -0.950. The minimum absolute atomic E-state index is 0.800. The smallest absolute Gasteiger partial charge is 0.00776 e. The second-order valence-corrected chi connectivity index (χ2v) is 3.50. The molecule has 0 bridgehead atoms. The molecule has 13 heavy (non-hydrogen) atoms. The van der Waals surface area contributed by atoms with Gasteiger partial charge in [0.15, 0.2) is 0 Å². The Bertz CT molecular complexity index is 401. The molecule has 0 fully saturated rings. The summed E-state index contributed by atoms with van der Waals surface area (Å²) in [6.07, 6.45) is 0.997. The molecule has 2 aromatic carbocycles. The molecule has 65 valence electrons. The van der Waals surface area contributed by atoms with Crippen molar-refractivity contribution in [1.29, 1.82) is 0 Å². The van der Waals surface area contributed by atoms with E-state index in [2.05, 4.69) is 42.5 Å². The van der Waals surface area contributed by atoms with Gasteiger partial charge in [0.1, 0.15) is 0 Å². The number of hydrogen-bond donors (Lipinski definition) is 0. The number of benzene rings is 2. The molecule has 0 N–H and O–H groups in total. The Morgan fingerprint density at radius 1 is 0.923 bits per heavy atom. The molecular formula is C12H11S. The summed E-state index contributed by atoms with van der Waals surface area (Å²) in [5, 5.41) is 2.65.